The number of hydrogen-bond acceptors (Lipinski definition) is 32. The molecule has 0 aliphatic rings. The quantitative estimate of drug-likeness (QED) is 0.0268. The van der Waals surface area contributed by atoms with Gasteiger partial charge >= 0.3 is 0 Å². The average molecular weight is 1630 g/mol. The normalized spacial score (nSPS) is 10.3. The van der Waals surface area contributed by atoms with Gasteiger partial charge in [-0.25, -0.2) is 0 Å². The van der Waals surface area contributed by atoms with Gasteiger partial charge in [-0.3, -0.25) is 24.0 Å². The maximum Gasteiger partial charge on any atom is 0.300 e. The smallest absolute Gasteiger partial charge is 0.300 e. The molecule has 110 heavy (non-hydrogen) atoms. The van der Waals surface area contributed by atoms with E-state index in [0.717, 1.165) is 137 Å². The molecule has 0 aromatic heterocycles. The van der Waals surface area contributed by atoms with E-state index in [1.165, 1.54) is 0 Å². The summed E-state index contributed by atoms with van der Waals surface area (Å²) in [4.78, 5) is 124. The fourth-order valence-electron chi connectivity index (χ4n) is 3.77. The summed E-state index contributed by atoms with van der Waals surface area (Å²) in [6.45, 7) is 15.2. The van der Waals surface area contributed by atoms with Crippen LogP contribution < -0.4 is 40.9 Å². The largest absolute Gasteiger partial charge is 0.550 e. The summed E-state index contributed by atoms with van der Waals surface area (Å²) in [6.07, 6.45) is -5.43. The molecule has 0 radical (unpaired) electrons. The van der Waals surface area contributed by atoms with Crippen molar-refractivity contribution < 1.29 is 216 Å². The van der Waals surface area contributed by atoms with Gasteiger partial charge in [0.25, 0.3) is 23.9 Å². The Hall–Kier alpha value is -7.45. The molecule has 44 heteroatoms. The number of aliphatic hydroxyl groups excluding tert-OH is 9. The van der Waals surface area contributed by atoms with Crippen LogP contribution in [-0.4, -0.2) is 483 Å². The number of nitrogens with zero attached hydrogens (tertiary/aromatic N) is 8. The molecule has 0 unspecified atom stereocenters. The highest BCUT2D eigenvalue weighted by Crippen LogP contribution is 2.14. The van der Waals surface area contributed by atoms with Crippen molar-refractivity contribution in [2.24, 2.45) is 0 Å². The average Bonchev–Trinajstić information content (AvgIpc) is 0.864. The van der Waals surface area contributed by atoms with Crippen LogP contribution in [0.15, 0.2) is 0 Å². The minimum Gasteiger partial charge on any atom is -0.550 e. The van der Waals surface area contributed by atoms with Crippen molar-refractivity contribution in [3.05, 3.63) is 0 Å². The zero-order valence-corrected chi connectivity index (χ0v) is 71.5. The number of quaternary nitrogens is 8. The number of carboxylic acids is 12. The Bertz CT molecular complexity index is 1940. The van der Waals surface area contributed by atoms with Crippen LogP contribution in [-0.2, 0) is 62.3 Å². The molecule has 0 heterocycles. The standard InChI is InChI=1S/2C6H8O7.8C5H14NO.C3H4O3.5C2H4O2.CH4O/c2*7-3(8)1-6(13,5(11)12)2-4(9)10;8*1-6(2,3)4-5-7;1-2(4)3(5)6;5*1-2(3)4;1-2/h2*13H,1-2H2,(H,7,8)(H,9,10)(H,11,12);8*7H,4-5H2,1-3H3;1H3,(H,5,6);5*1H3,(H,3,4);2H,1H3/q;;8*+1;;;;;;;/p-8. The highest BCUT2D eigenvalue weighted by Gasteiger charge is 2.30. The molecule has 0 spiro atoms. The first-order chi connectivity index (χ1) is 48.3. The summed E-state index contributed by atoms with van der Waals surface area (Å²) in [5.41, 5.74) is -5.95. The third-order valence-electron chi connectivity index (χ3n) is 8.96. The monoisotopic (exact) mass is 1630 g/mol. The number of likely N-dealkylation sites (N-methyl/N-ethyl adjacent to an activating group) is 8. The number of rotatable bonds is 27. The molecule has 0 amide bonds. The summed E-state index contributed by atoms with van der Waals surface area (Å²) >= 11 is 0. The van der Waals surface area contributed by atoms with Gasteiger partial charge in [0.15, 0.2) is 5.78 Å². The van der Waals surface area contributed by atoms with Crippen LogP contribution >= 0.6 is 0 Å². The molecule has 0 atom stereocenters. The van der Waals surface area contributed by atoms with E-state index in [1.807, 2.05) is 0 Å². The first-order valence-electron chi connectivity index (χ1n) is 32.4. The minimum absolute atomic E-state index is 0.281. The summed E-state index contributed by atoms with van der Waals surface area (Å²) in [6, 6.07) is 0. The van der Waals surface area contributed by atoms with Crippen molar-refractivity contribution in [1.29, 1.82) is 0 Å². The number of Topliss-reactive ketones (excluding diaryl/α,β-unsaturated/α-hetero) is 1. The third-order valence-corrected chi connectivity index (χ3v) is 8.96. The van der Waals surface area contributed by atoms with E-state index in [-0.39, 0.29) is 52.9 Å². The SMILES string of the molecule is CC(=O)C(=O)[O-].CC(=O)O.CC(=O)O.CC(=O)O.CC(=O)O.CC(=O)[O-].CO.C[N+](C)(C)CCO.C[N+](C)(C)CCO.C[N+](C)(C)CCO.C[N+](C)(C)CCO.C[N+](C)(C)CCO.C[N+](C)(C)CCO.C[N+](C)(C)CCO.C[N+](C)(C)CCO.O=C([O-])CC(O)(CC(=O)[O-])C(=O)[O-].O=C([O-])CC(O)(CC(=O)[O-])C(=O)[O-]. The third kappa shape index (κ3) is 272. The van der Waals surface area contributed by atoms with Crippen molar-refractivity contribution in [2.45, 2.75) is 78.4 Å². The van der Waals surface area contributed by atoms with Crippen LogP contribution in [0.2, 0.25) is 0 Å². The molecule has 0 aromatic rings. The van der Waals surface area contributed by atoms with Crippen LogP contribution in [0, 0.1) is 0 Å². The summed E-state index contributed by atoms with van der Waals surface area (Å²) in [7, 11) is 50.2. The second-order valence-electron chi connectivity index (χ2n) is 30.1. The lowest BCUT2D eigenvalue weighted by atomic mass is 9.96. The molecule has 44 nitrogen and oxygen atoms in total. The maximum atomic E-state index is 10.1. The van der Waals surface area contributed by atoms with Crippen molar-refractivity contribution in [3.8, 4) is 0 Å². The van der Waals surface area contributed by atoms with Gasteiger partial charge in [-0.05, 0) is 6.92 Å². The number of carboxylic acid groups (broad SMARTS) is 12. The number of carbonyl (C=O) groups is 13. The van der Waals surface area contributed by atoms with Gasteiger partial charge in [0.05, 0.1) is 234 Å². The number of aliphatic hydroxyl groups is 11. The van der Waals surface area contributed by atoms with Gasteiger partial charge in [-0.1, -0.05) is 0 Å². The fourth-order valence-corrected chi connectivity index (χ4v) is 3.77. The van der Waals surface area contributed by atoms with E-state index >= 15 is 0 Å². The molecule has 0 saturated heterocycles. The maximum absolute atomic E-state index is 10.1. The van der Waals surface area contributed by atoms with Gasteiger partial charge in [0, 0.05) is 97.3 Å². The number of hydrogen-bond donors (Lipinski definition) is 15. The van der Waals surface area contributed by atoms with Crippen LogP contribution in [0.25, 0.3) is 0 Å². The van der Waals surface area contributed by atoms with Gasteiger partial charge < -0.3 is 192 Å². The second-order valence-corrected chi connectivity index (χ2v) is 30.1. The van der Waals surface area contributed by atoms with Crippen LogP contribution in [0.3, 0.4) is 0 Å². The van der Waals surface area contributed by atoms with Crippen LogP contribution in [0.5, 0.6) is 0 Å². The highest BCUT2D eigenvalue weighted by molar-refractivity contribution is 6.30. The molecule has 0 aliphatic carbocycles. The molecule has 0 aromatic carbocycles. The molecule has 0 saturated carbocycles. The molecule has 15 N–H and O–H groups in total. The Balaban J connectivity index is -0.0000000566. The lowest BCUT2D eigenvalue weighted by Gasteiger charge is -2.29. The predicted molar refractivity (Wildman–Crippen MR) is 386 cm³/mol. The van der Waals surface area contributed by atoms with Crippen molar-refractivity contribution >= 4 is 77.4 Å². The van der Waals surface area contributed by atoms with Crippen molar-refractivity contribution in [3.63, 3.8) is 0 Å². The fraction of sp³-hybridized carbons (Fsp3) is 0.803. The molecular weight excluding hydrogens is 1480 g/mol. The van der Waals surface area contributed by atoms with E-state index in [0.29, 0.717) is 0 Å². The van der Waals surface area contributed by atoms with Gasteiger partial charge in [-0.2, -0.15) is 0 Å². The molecular formula is C66H148N8O36. The molecule has 0 aliphatic heterocycles. The lowest BCUT2D eigenvalue weighted by molar-refractivity contribution is -0.870. The Kier molecular flexibility index (Phi) is 108. The van der Waals surface area contributed by atoms with E-state index < -0.39 is 114 Å². The summed E-state index contributed by atoms with van der Waals surface area (Å²) < 4.78 is 6.75. The van der Waals surface area contributed by atoms with E-state index in [2.05, 4.69) is 169 Å². The molecule has 0 fully saturated rings. The first kappa shape index (κ1) is 144. The van der Waals surface area contributed by atoms with Gasteiger partial charge in [0.2, 0.25) is 0 Å². The first-order valence-corrected chi connectivity index (χ1v) is 32.4. The molecule has 668 valence electrons. The van der Waals surface area contributed by atoms with Gasteiger partial charge in [0.1, 0.15) is 69.5 Å². The molecule has 0 rings (SSSR count). The van der Waals surface area contributed by atoms with E-state index in [1.54, 1.807) is 0 Å². The zero-order valence-electron chi connectivity index (χ0n) is 71.5. The Morgan fingerprint density at radius 3 is 0.336 bits per heavy atom. The van der Waals surface area contributed by atoms with Crippen molar-refractivity contribution in [2.75, 3.05) is 281 Å². The Morgan fingerprint density at radius 2 is 0.318 bits per heavy atom. The predicted octanol–water partition coefficient (Wildman–Crippen LogP) is -16.0. The minimum atomic E-state index is -2.97. The summed E-state index contributed by atoms with van der Waals surface area (Å²) in [5.74, 6) is -19.0. The number of carbonyl (C=O) groups excluding carboxylic acids is 9. The van der Waals surface area contributed by atoms with E-state index in [4.69, 9.17) is 106 Å². The Morgan fingerprint density at radius 1 is 0.245 bits per heavy atom. The van der Waals surface area contributed by atoms with Crippen LogP contribution in [0.1, 0.15) is 67.2 Å². The number of ketones is 1. The van der Waals surface area contributed by atoms with E-state index in [9.17, 15) is 74.1 Å². The summed E-state index contributed by atoms with van der Waals surface area (Å²) in [5, 5.41) is 200. The highest BCUT2D eigenvalue weighted by atomic mass is 16.4. The second kappa shape index (κ2) is 82.5. The lowest BCUT2D eigenvalue weighted by Crippen LogP contribution is -2.54. The topological polar surface area (TPSA) is 710 Å². The zero-order chi connectivity index (χ0) is 93.6. The van der Waals surface area contributed by atoms with Crippen molar-refractivity contribution in [1.82, 2.24) is 0 Å². The molecule has 0 bridgehead atoms. The van der Waals surface area contributed by atoms with Crippen LogP contribution in [0.4, 0.5) is 0 Å². The van der Waals surface area contributed by atoms with Gasteiger partial charge in [-0.15, -0.1) is 0 Å². The number of aliphatic carboxylic acids is 12. The Labute approximate surface area is 651 Å².